The van der Waals surface area contributed by atoms with Crippen LogP contribution < -0.4 is 0 Å². The summed E-state index contributed by atoms with van der Waals surface area (Å²) in [4.78, 5) is 7.33. The minimum atomic E-state index is 0.272. The summed E-state index contributed by atoms with van der Waals surface area (Å²) in [5, 5.41) is 10.4. The van der Waals surface area contributed by atoms with Crippen LogP contribution in [0.25, 0.3) is 5.76 Å². The van der Waals surface area contributed by atoms with E-state index in [2.05, 4.69) is 16.0 Å². The topological polar surface area (TPSA) is 58.1 Å². The molecule has 0 spiro atoms. The highest BCUT2D eigenvalue weighted by atomic mass is 16.5. The van der Waals surface area contributed by atoms with E-state index in [1.807, 2.05) is 13.8 Å². The second kappa shape index (κ2) is 6.06. The van der Waals surface area contributed by atoms with Crippen LogP contribution in [-0.2, 0) is 11.3 Å². The Labute approximate surface area is 114 Å². The number of aromatic nitrogens is 2. The van der Waals surface area contributed by atoms with Gasteiger partial charge in [0.15, 0.2) is 11.6 Å². The summed E-state index contributed by atoms with van der Waals surface area (Å²) in [6.45, 7) is 4.57. The van der Waals surface area contributed by atoms with Crippen LogP contribution in [0.1, 0.15) is 44.6 Å². The number of hydrogen-bond donors (Lipinski definition) is 2. The van der Waals surface area contributed by atoms with Crippen LogP contribution in [0.3, 0.4) is 0 Å². The van der Waals surface area contributed by atoms with Gasteiger partial charge < -0.3 is 14.8 Å². The molecule has 0 saturated heterocycles. The van der Waals surface area contributed by atoms with Crippen LogP contribution in [0, 0.1) is 5.92 Å². The van der Waals surface area contributed by atoms with Gasteiger partial charge in [0.25, 0.3) is 0 Å². The van der Waals surface area contributed by atoms with E-state index < -0.39 is 0 Å². The average molecular weight is 262 g/mol. The van der Waals surface area contributed by atoms with Gasteiger partial charge in [-0.2, -0.15) is 0 Å². The van der Waals surface area contributed by atoms with Crippen molar-refractivity contribution in [1.29, 1.82) is 0 Å². The fourth-order valence-corrected chi connectivity index (χ4v) is 2.25. The van der Waals surface area contributed by atoms with Gasteiger partial charge in [0.1, 0.15) is 0 Å². The van der Waals surface area contributed by atoms with Crippen LogP contribution in [0.15, 0.2) is 23.4 Å². The molecule has 1 aromatic heterocycles. The molecule has 1 aliphatic carbocycles. The molecule has 0 aromatic carbocycles. The quantitative estimate of drug-likeness (QED) is 0.629. The van der Waals surface area contributed by atoms with Gasteiger partial charge in [-0.3, -0.25) is 0 Å². The van der Waals surface area contributed by atoms with Crippen LogP contribution in [-0.4, -0.2) is 22.2 Å². The van der Waals surface area contributed by atoms with Crippen LogP contribution >= 0.6 is 0 Å². The van der Waals surface area contributed by atoms with Gasteiger partial charge >= 0.3 is 0 Å². The van der Waals surface area contributed by atoms with Crippen molar-refractivity contribution in [2.45, 2.75) is 39.7 Å². The third-order valence-corrected chi connectivity index (χ3v) is 3.42. The van der Waals surface area contributed by atoms with Crippen molar-refractivity contribution in [2.75, 3.05) is 7.11 Å². The average Bonchev–Trinajstić information content (AvgIpc) is 2.73. The minimum absolute atomic E-state index is 0.272. The zero-order chi connectivity index (χ0) is 13.8. The molecule has 1 aliphatic rings. The van der Waals surface area contributed by atoms with E-state index in [0.29, 0.717) is 18.3 Å². The van der Waals surface area contributed by atoms with Crippen molar-refractivity contribution in [1.82, 2.24) is 9.97 Å². The van der Waals surface area contributed by atoms with Crippen molar-refractivity contribution in [2.24, 2.45) is 5.92 Å². The molecule has 4 nitrogen and oxygen atoms in total. The molecule has 0 unspecified atom stereocenters. The molecule has 1 saturated carbocycles. The summed E-state index contributed by atoms with van der Waals surface area (Å²) < 4.78 is 5.04. The maximum absolute atomic E-state index is 10.4. The number of aliphatic hydroxyl groups is 1. The Morgan fingerprint density at radius 1 is 1.53 bits per heavy atom. The lowest BCUT2D eigenvalue weighted by molar-refractivity contribution is 0.182. The molecule has 104 valence electrons. The lowest BCUT2D eigenvalue weighted by Gasteiger charge is -2.27. The number of H-pyrrole nitrogens is 1. The summed E-state index contributed by atoms with van der Waals surface area (Å²) in [6.07, 6.45) is 7.31. The first-order chi connectivity index (χ1) is 9.11. The predicted octanol–water partition coefficient (Wildman–Crippen LogP) is 3.59. The van der Waals surface area contributed by atoms with Crippen molar-refractivity contribution >= 4 is 5.76 Å². The monoisotopic (exact) mass is 262 g/mol. The minimum Gasteiger partial charge on any atom is -0.504 e. The van der Waals surface area contributed by atoms with Crippen molar-refractivity contribution in [3.05, 3.63) is 34.9 Å². The smallest absolute Gasteiger partial charge is 0.173 e. The first-order valence-corrected chi connectivity index (χ1v) is 6.73. The Balaban J connectivity index is 2.30. The summed E-state index contributed by atoms with van der Waals surface area (Å²) in [5.74, 6) is 1.27. The van der Waals surface area contributed by atoms with E-state index in [0.717, 1.165) is 24.1 Å². The van der Waals surface area contributed by atoms with Gasteiger partial charge in [-0.15, -0.1) is 0 Å². The summed E-state index contributed by atoms with van der Waals surface area (Å²) >= 11 is 0. The highest BCUT2D eigenvalue weighted by Gasteiger charge is 2.24. The second-order valence-corrected chi connectivity index (χ2v) is 5.34. The predicted molar refractivity (Wildman–Crippen MR) is 75.6 cm³/mol. The first-order valence-electron chi connectivity index (χ1n) is 6.73. The maximum atomic E-state index is 10.4. The number of rotatable bonds is 5. The molecule has 0 amide bonds. The Kier molecular flexibility index (Phi) is 4.43. The Bertz CT molecular complexity index is 492. The van der Waals surface area contributed by atoms with Gasteiger partial charge in [0.05, 0.1) is 18.5 Å². The Morgan fingerprint density at radius 3 is 2.79 bits per heavy atom. The fraction of sp³-hybridized carbons (Fsp3) is 0.533. The number of allylic oxidation sites excluding steroid dienone is 3. The van der Waals surface area contributed by atoms with E-state index in [1.54, 1.807) is 13.3 Å². The van der Waals surface area contributed by atoms with E-state index >= 15 is 0 Å². The summed E-state index contributed by atoms with van der Waals surface area (Å²) in [7, 11) is 1.64. The molecule has 0 atom stereocenters. The molecule has 2 rings (SSSR count). The summed E-state index contributed by atoms with van der Waals surface area (Å²) in [5.41, 5.74) is 3.07. The Morgan fingerprint density at radius 2 is 2.26 bits per heavy atom. The third kappa shape index (κ3) is 3.26. The van der Waals surface area contributed by atoms with Crippen molar-refractivity contribution < 1.29 is 9.84 Å². The molecular weight excluding hydrogens is 240 g/mol. The van der Waals surface area contributed by atoms with Crippen LogP contribution in [0.5, 0.6) is 0 Å². The van der Waals surface area contributed by atoms with Gasteiger partial charge in [0.2, 0.25) is 0 Å². The Hall–Kier alpha value is -1.55. The molecule has 0 aliphatic heterocycles. The summed E-state index contributed by atoms with van der Waals surface area (Å²) in [6, 6.07) is 0. The number of methoxy groups -OCH3 is 1. The van der Waals surface area contributed by atoms with Gasteiger partial charge in [-0.05, 0) is 32.6 Å². The van der Waals surface area contributed by atoms with Gasteiger partial charge in [0, 0.05) is 12.7 Å². The van der Waals surface area contributed by atoms with Gasteiger partial charge in [-0.25, -0.2) is 4.98 Å². The third-order valence-electron chi connectivity index (χ3n) is 3.42. The first kappa shape index (κ1) is 13.9. The molecule has 0 radical (unpaired) electrons. The molecule has 4 heteroatoms. The lowest BCUT2D eigenvalue weighted by atomic mass is 9.78. The normalized spacial score (nSPS) is 16.8. The number of nitrogens with one attached hydrogen (secondary N) is 1. The number of imidazole rings is 1. The maximum Gasteiger partial charge on any atom is 0.173 e. The van der Waals surface area contributed by atoms with Crippen molar-refractivity contribution in [3.8, 4) is 0 Å². The molecular formula is C15H22N2O2. The standard InChI is InChI=1S/C15H22N2O2/c1-10(2)7-13(11-5-4-6-11)14(18)15-16-8-12(17-15)9-19-3/h7-8,11,18H,4-6,9H2,1-3H3,(H,16,17)/b14-13+. The highest BCUT2D eigenvalue weighted by molar-refractivity contribution is 5.60. The number of hydrogen-bond acceptors (Lipinski definition) is 3. The molecule has 1 heterocycles. The van der Waals surface area contributed by atoms with E-state index in [9.17, 15) is 5.11 Å². The number of aromatic amines is 1. The van der Waals surface area contributed by atoms with Crippen molar-refractivity contribution in [3.63, 3.8) is 0 Å². The fourth-order valence-electron chi connectivity index (χ4n) is 2.25. The van der Waals surface area contributed by atoms with E-state index in [1.165, 1.54) is 12.0 Å². The van der Waals surface area contributed by atoms with E-state index in [-0.39, 0.29) is 5.76 Å². The lowest BCUT2D eigenvalue weighted by Crippen LogP contribution is -2.14. The van der Waals surface area contributed by atoms with Crippen LogP contribution in [0.2, 0.25) is 0 Å². The van der Waals surface area contributed by atoms with E-state index in [4.69, 9.17) is 4.74 Å². The molecule has 19 heavy (non-hydrogen) atoms. The molecule has 0 bridgehead atoms. The van der Waals surface area contributed by atoms with Gasteiger partial charge in [-0.1, -0.05) is 18.1 Å². The van der Waals surface area contributed by atoms with Crippen LogP contribution in [0.4, 0.5) is 0 Å². The zero-order valence-corrected chi connectivity index (χ0v) is 11.9. The number of ether oxygens (including phenoxy) is 1. The zero-order valence-electron chi connectivity index (χ0n) is 11.9. The SMILES string of the molecule is COCc1cnc(/C(O)=C(/C=C(C)C)C2CCC2)[nH]1. The number of nitrogens with zero attached hydrogens (tertiary/aromatic N) is 1. The largest absolute Gasteiger partial charge is 0.504 e. The second-order valence-electron chi connectivity index (χ2n) is 5.34. The number of aliphatic hydroxyl groups excluding tert-OH is 1. The molecule has 2 N–H and O–H groups in total. The highest BCUT2D eigenvalue weighted by Crippen LogP contribution is 2.37. The molecule has 1 aromatic rings. The molecule has 1 fully saturated rings.